The van der Waals surface area contributed by atoms with Crippen LogP contribution in [0, 0.1) is 23.0 Å². The predicted octanol–water partition coefficient (Wildman–Crippen LogP) is 1.84. The van der Waals surface area contributed by atoms with E-state index < -0.39 is 23.0 Å². The smallest absolute Gasteiger partial charge is 0.226 e. The maximum atomic E-state index is 13.4. The second-order valence-electron chi connectivity index (χ2n) is 3.87. The Morgan fingerprint density at radius 2 is 1.82 bits per heavy atom. The molecule has 0 radical (unpaired) electrons. The fourth-order valence-electron chi connectivity index (χ4n) is 1.19. The molecule has 0 atom stereocenters. The molecule has 0 unspecified atom stereocenters. The molecule has 0 bridgehead atoms. The zero-order valence-corrected chi connectivity index (χ0v) is 9.47. The highest BCUT2D eigenvalue weighted by molar-refractivity contribution is 5.97. The molecule has 6 heteroatoms. The van der Waals surface area contributed by atoms with Crippen molar-refractivity contribution in [3.05, 3.63) is 29.3 Å². The topological polar surface area (TPSA) is 79.0 Å². The van der Waals surface area contributed by atoms with Gasteiger partial charge in [0.05, 0.1) is 5.56 Å². The summed E-state index contributed by atoms with van der Waals surface area (Å²) < 4.78 is 26.8. The van der Waals surface area contributed by atoms with Gasteiger partial charge in [0.2, 0.25) is 5.91 Å². The molecule has 4 nitrogen and oxygen atoms in total. The van der Waals surface area contributed by atoms with Gasteiger partial charge in [-0.05, 0) is 12.1 Å². The summed E-state index contributed by atoms with van der Waals surface area (Å²) in [6.45, 7) is 3.32. The third kappa shape index (κ3) is 2.99. The molecule has 0 aliphatic heterocycles. The van der Waals surface area contributed by atoms with Gasteiger partial charge in [0.1, 0.15) is 17.5 Å². The van der Waals surface area contributed by atoms with Crippen LogP contribution in [0.15, 0.2) is 12.1 Å². The lowest BCUT2D eigenvalue weighted by Crippen LogP contribution is -2.20. The first kappa shape index (κ1) is 13.1. The molecule has 1 rings (SSSR count). The van der Waals surface area contributed by atoms with E-state index in [0.717, 1.165) is 12.1 Å². The molecule has 0 heterocycles. The summed E-state index contributed by atoms with van der Waals surface area (Å²) in [4.78, 5) is 11.3. The van der Waals surface area contributed by atoms with Crippen molar-refractivity contribution in [3.8, 4) is 0 Å². The molecule has 4 N–H and O–H groups in total. The first-order valence-electron chi connectivity index (χ1n) is 4.97. The lowest BCUT2D eigenvalue weighted by Gasteiger charge is -2.10. The van der Waals surface area contributed by atoms with Gasteiger partial charge in [-0.15, -0.1) is 0 Å². The average molecular weight is 241 g/mol. The van der Waals surface area contributed by atoms with Crippen molar-refractivity contribution >= 4 is 17.4 Å². The second kappa shape index (κ2) is 4.90. The molecule has 92 valence electrons. The van der Waals surface area contributed by atoms with Crippen molar-refractivity contribution in [1.82, 2.24) is 0 Å². The number of nitrogen functional groups attached to an aromatic ring is 1. The number of hydrogen-bond acceptors (Lipinski definition) is 2. The number of anilines is 1. The highest BCUT2D eigenvalue weighted by atomic mass is 19.1. The molecule has 0 spiro atoms. The molecule has 1 aromatic carbocycles. The third-order valence-corrected chi connectivity index (χ3v) is 2.10. The summed E-state index contributed by atoms with van der Waals surface area (Å²) in [5, 5.41) is 9.37. The van der Waals surface area contributed by atoms with Crippen molar-refractivity contribution in [2.24, 2.45) is 11.7 Å². The van der Waals surface area contributed by atoms with Crippen LogP contribution in [-0.2, 0) is 4.79 Å². The highest BCUT2D eigenvalue weighted by Crippen LogP contribution is 2.19. The molecular weight excluding hydrogens is 228 g/mol. The lowest BCUT2D eigenvalue weighted by atomic mass is 10.1. The van der Waals surface area contributed by atoms with Crippen LogP contribution in [0.3, 0.4) is 0 Å². The van der Waals surface area contributed by atoms with E-state index in [1.54, 1.807) is 13.8 Å². The fraction of sp³-hybridized carbons (Fsp3) is 0.273. The number of nitrogens with one attached hydrogen (secondary N) is 2. The Hall–Kier alpha value is -1.98. The minimum absolute atomic E-state index is 0.00343. The average Bonchev–Trinajstić information content (AvgIpc) is 2.15. The summed E-state index contributed by atoms with van der Waals surface area (Å²) in [6, 6.07) is 1.86. The van der Waals surface area contributed by atoms with Crippen molar-refractivity contribution in [2.45, 2.75) is 13.8 Å². The number of benzene rings is 1. The second-order valence-corrected chi connectivity index (χ2v) is 3.87. The van der Waals surface area contributed by atoms with Gasteiger partial charge in [-0.2, -0.15) is 0 Å². The predicted molar refractivity (Wildman–Crippen MR) is 60.8 cm³/mol. The van der Waals surface area contributed by atoms with E-state index in [1.165, 1.54) is 0 Å². The molecule has 0 aliphatic rings. The summed E-state index contributed by atoms with van der Waals surface area (Å²) in [6.07, 6.45) is 0. The van der Waals surface area contributed by atoms with Gasteiger partial charge in [-0.3, -0.25) is 10.2 Å². The summed E-state index contributed by atoms with van der Waals surface area (Å²) in [5.41, 5.74) is 4.44. The highest BCUT2D eigenvalue weighted by Gasteiger charge is 2.15. The van der Waals surface area contributed by atoms with Gasteiger partial charge < -0.3 is 11.1 Å². The van der Waals surface area contributed by atoms with Crippen LogP contribution in [0.25, 0.3) is 0 Å². The van der Waals surface area contributed by atoms with E-state index in [-0.39, 0.29) is 17.5 Å². The largest absolute Gasteiger partial charge is 0.384 e. The number of amidine groups is 1. The van der Waals surface area contributed by atoms with Gasteiger partial charge in [0.15, 0.2) is 0 Å². The Morgan fingerprint density at radius 1 is 1.35 bits per heavy atom. The zero-order valence-electron chi connectivity index (χ0n) is 9.47. The van der Waals surface area contributed by atoms with E-state index in [9.17, 15) is 13.6 Å². The van der Waals surface area contributed by atoms with E-state index in [0.29, 0.717) is 0 Å². The van der Waals surface area contributed by atoms with Gasteiger partial charge in [-0.1, -0.05) is 13.8 Å². The molecule has 0 saturated heterocycles. The number of carbonyl (C=O) groups is 1. The van der Waals surface area contributed by atoms with E-state index in [4.69, 9.17) is 11.1 Å². The number of amides is 1. The first-order valence-corrected chi connectivity index (χ1v) is 4.97. The first-order chi connectivity index (χ1) is 7.82. The quantitative estimate of drug-likeness (QED) is 0.557. The normalized spacial score (nSPS) is 10.4. The Labute approximate surface area is 97.3 Å². The number of nitrogens with two attached hydrogens (primary N) is 1. The zero-order chi connectivity index (χ0) is 13.2. The van der Waals surface area contributed by atoms with Crippen molar-refractivity contribution < 1.29 is 13.6 Å². The Balaban J connectivity index is 3.07. The Kier molecular flexibility index (Phi) is 3.77. The molecule has 17 heavy (non-hydrogen) atoms. The van der Waals surface area contributed by atoms with Gasteiger partial charge in [0, 0.05) is 11.6 Å². The number of carbonyl (C=O) groups excluding carboxylic acids is 1. The Bertz CT molecular complexity index is 449. The molecule has 0 aliphatic carbocycles. The number of halogens is 2. The van der Waals surface area contributed by atoms with Crippen LogP contribution < -0.4 is 11.1 Å². The molecule has 0 aromatic heterocycles. The van der Waals surface area contributed by atoms with Crippen LogP contribution in [0.2, 0.25) is 0 Å². The fourth-order valence-corrected chi connectivity index (χ4v) is 1.19. The van der Waals surface area contributed by atoms with Crippen molar-refractivity contribution in [3.63, 3.8) is 0 Å². The van der Waals surface area contributed by atoms with Gasteiger partial charge in [-0.25, -0.2) is 8.78 Å². The summed E-state index contributed by atoms with van der Waals surface area (Å²) in [5.74, 6) is -3.29. The maximum absolute atomic E-state index is 13.4. The van der Waals surface area contributed by atoms with Crippen LogP contribution in [0.5, 0.6) is 0 Å². The lowest BCUT2D eigenvalue weighted by molar-refractivity contribution is -0.118. The molecule has 0 fully saturated rings. The van der Waals surface area contributed by atoms with E-state index in [1.807, 2.05) is 0 Å². The van der Waals surface area contributed by atoms with Crippen LogP contribution in [-0.4, -0.2) is 11.7 Å². The van der Waals surface area contributed by atoms with Crippen molar-refractivity contribution in [2.75, 3.05) is 5.32 Å². The van der Waals surface area contributed by atoms with Crippen molar-refractivity contribution in [1.29, 1.82) is 5.41 Å². The monoisotopic (exact) mass is 241 g/mol. The molecule has 1 aromatic rings. The summed E-state index contributed by atoms with van der Waals surface area (Å²) in [7, 11) is 0. The summed E-state index contributed by atoms with van der Waals surface area (Å²) >= 11 is 0. The van der Waals surface area contributed by atoms with Crippen LogP contribution in [0.4, 0.5) is 14.5 Å². The van der Waals surface area contributed by atoms with E-state index in [2.05, 4.69) is 5.32 Å². The molecule has 1 amide bonds. The SMILES string of the molecule is CC(C)C(=O)Nc1cc(F)c(C(=N)N)c(F)c1. The maximum Gasteiger partial charge on any atom is 0.226 e. The molecule has 0 saturated carbocycles. The molecular formula is C11H13F2N3O. The van der Waals surface area contributed by atoms with Gasteiger partial charge in [0.25, 0.3) is 0 Å². The number of rotatable bonds is 3. The van der Waals surface area contributed by atoms with Crippen LogP contribution in [0.1, 0.15) is 19.4 Å². The minimum atomic E-state index is -0.975. The van der Waals surface area contributed by atoms with Crippen LogP contribution >= 0.6 is 0 Å². The van der Waals surface area contributed by atoms with E-state index >= 15 is 0 Å². The minimum Gasteiger partial charge on any atom is -0.384 e. The Morgan fingerprint density at radius 3 is 2.18 bits per heavy atom. The number of hydrogen-bond donors (Lipinski definition) is 3. The third-order valence-electron chi connectivity index (χ3n) is 2.10. The van der Waals surface area contributed by atoms with Gasteiger partial charge >= 0.3 is 0 Å². The standard InChI is InChI=1S/C11H13F2N3O/c1-5(2)11(17)16-6-3-7(12)9(10(14)15)8(13)4-6/h3-5H,1-2H3,(H3,14,15)(H,16,17).